The quantitative estimate of drug-likeness (QED) is 0.385. The van der Waals surface area contributed by atoms with Gasteiger partial charge in [0.1, 0.15) is 16.5 Å². The molecule has 7 nitrogen and oxygen atoms in total. The van der Waals surface area contributed by atoms with Gasteiger partial charge < -0.3 is 19.1 Å². The molecule has 0 aliphatic rings. The normalized spacial score (nSPS) is 12.0. The molecular weight excluding hydrogens is 478 g/mol. The number of anilines is 1. The zero-order chi connectivity index (χ0) is 25.6. The highest BCUT2D eigenvalue weighted by Crippen LogP contribution is 2.32. The van der Waals surface area contributed by atoms with Gasteiger partial charge >= 0.3 is 16.1 Å². The Kier molecular flexibility index (Phi) is 8.29. The molecule has 3 aromatic carbocycles. The molecule has 1 atom stereocenters. The summed E-state index contributed by atoms with van der Waals surface area (Å²) in [7, 11) is -2.90. The van der Waals surface area contributed by atoms with Crippen molar-refractivity contribution in [3.05, 3.63) is 83.9 Å². The molecule has 0 saturated heterocycles. The molecule has 10 heteroatoms. The van der Waals surface area contributed by atoms with Crippen molar-refractivity contribution in [3.63, 3.8) is 0 Å². The smallest absolute Gasteiger partial charge is 0.339 e. The van der Waals surface area contributed by atoms with Crippen molar-refractivity contribution in [2.45, 2.75) is 37.8 Å². The Morgan fingerprint density at radius 1 is 1.00 bits per heavy atom. The van der Waals surface area contributed by atoms with Crippen LogP contribution in [-0.4, -0.2) is 32.5 Å². The number of nitrogens with zero attached hydrogens (tertiary/aromatic N) is 1. The van der Waals surface area contributed by atoms with Crippen LogP contribution in [0.3, 0.4) is 0 Å². The second-order valence-electron chi connectivity index (χ2n) is 7.80. The predicted molar refractivity (Wildman–Crippen MR) is 128 cm³/mol. The Labute approximate surface area is 203 Å². The second kappa shape index (κ2) is 11.2. The largest absolute Gasteiger partial charge is 0.493 e. The average Bonchev–Trinajstić information content (AvgIpc) is 2.82. The highest BCUT2D eigenvalue weighted by molar-refractivity contribution is 7.87. The number of methoxy groups -OCH3 is 1. The number of amides is 2. The van der Waals surface area contributed by atoms with Crippen LogP contribution in [0.15, 0.2) is 71.6 Å². The van der Waals surface area contributed by atoms with E-state index in [4.69, 9.17) is 8.92 Å². The minimum atomic E-state index is -4.27. The molecule has 0 fully saturated rings. The highest BCUT2D eigenvalue weighted by Gasteiger charge is 2.23. The van der Waals surface area contributed by atoms with E-state index in [2.05, 4.69) is 5.32 Å². The summed E-state index contributed by atoms with van der Waals surface area (Å²) in [6, 6.07) is 13.9. The van der Waals surface area contributed by atoms with Gasteiger partial charge in [0.25, 0.3) is 0 Å². The summed E-state index contributed by atoms with van der Waals surface area (Å²) in [6.07, 6.45) is 0.648. The number of hydrogen-bond acceptors (Lipinski definition) is 5. The number of hydrogen-bond donors (Lipinski definition) is 1. The number of carbonyl (C=O) groups is 1. The van der Waals surface area contributed by atoms with E-state index >= 15 is 0 Å². The van der Waals surface area contributed by atoms with Gasteiger partial charge in [-0.25, -0.2) is 13.6 Å². The van der Waals surface area contributed by atoms with E-state index in [1.54, 1.807) is 17.0 Å². The molecular formula is C25H26F2N2O5S. The van der Waals surface area contributed by atoms with E-state index in [0.29, 0.717) is 17.7 Å². The van der Waals surface area contributed by atoms with Crippen LogP contribution in [0.25, 0.3) is 0 Å². The molecule has 0 aromatic heterocycles. The summed E-state index contributed by atoms with van der Waals surface area (Å²) >= 11 is 0. The van der Waals surface area contributed by atoms with Gasteiger partial charge in [-0.15, -0.1) is 0 Å². The SMILES string of the molecule is CCC(C)N(Cc1ccc(OC)c(OS(=O)(=O)c2ccc(F)cc2)c1)C(=O)Nc1cccc(F)c1. The predicted octanol–water partition coefficient (Wildman–Crippen LogP) is 5.57. The van der Waals surface area contributed by atoms with Crippen LogP contribution in [-0.2, 0) is 16.7 Å². The Bertz CT molecular complexity index is 1280. The minimum absolute atomic E-state index is 0.0797. The number of halogens is 2. The zero-order valence-electron chi connectivity index (χ0n) is 19.5. The summed E-state index contributed by atoms with van der Waals surface area (Å²) in [4.78, 5) is 14.3. The molecule has 0 aliphatic heterocycles. The maximum atomic E-state index is 13.5. The molecule has 0 spiro atoms. The highest BCUT2D eigenvalue weighted by atomic mass is 32.2. The van der Waals surface area contributed by atoms with Crippen molar-refractivity contribution >= 4 is 21.8 Å². The molecule has 0 radical (unpaired) electrons. The number of urea groups is 1. The van der Waals surface area contributed by atoms with Gasteiger partial charge in [-0.05, 0) is 73.5 Å². The molecule has 0 aliphatic carbocycles. The first-order valence-electron chi connectivity index (χ1n) is 10.8. The lowest BCUT2D eigenvalue weighted by Crippen LogP contribution is -2.40. The lowest BCUT2D eigenvalue weighted by atomic mass is 10.1. The van der Waals surface area contributed by atoms with Crippen LogP contribution >= 0.6 is 0 Å². The molecule has 0 saturated carbocycles. The van der Waals surface area contributed by atoms with Crippen molar-refractivity contribution in [2.75, 3.05) is 12.4 Å². The van der Waals surface area contributed by atoms with Crippen LogP contribution in [0.4, 0.5) is 19.3 Å². The Morgan fingerprint density at radius 2 is 1.71 bits per heavy atom. The van der Waals surface area contributed by atoms with Gasteiger partial charge in [0, 0.05) is 18.3 Å². The van der Waals surface area contributed by atoms with Crippen molar-refractivity contribution in [1.29, 1.82) is 0 Å². The van der Waals surface area contributed by atoms with Crippen molar-refractivity contribution in [2.24, 2.45) is 0 Å². The van der Waals surface area contributed by atoms with Gasteiger partial charge in [0.15, 0.2) is 11.5 Å². The van der Waals surface area contributed by atoms with E-state index < -0.39 is 27.8 Å². The van der Waals surface area contributed by atoms with E-state index in [0.717, 1.165) is 24.3 Å². The third-order valence-electron chi connectivity index (χ3n) is 5.34. The zero-order valence-corrected chi connectivity index (χ0v) is 20.3. The Morgan fingerprint density at radius 3 is 2.34 bits per heavy atom. The topological polar surface area (TPSA) is 84.9 Å². The first-order valence-corrected chi connectivity index (χ1v) is 12.2. The number of rotatable bonds is 9. The van der Waals surface area contributed by atoms with Gasteiger partial charge in [0.05, 0.1) is 7.11 Å². The average molecular weight is 505 g/mol. The molecule has 0 bridgehead atoms. The molecule has 1 unspecified atom stereocenters. The van der Waals surface area contributed by atoms with Crippen molar-refractivity contribution < 1.29 is 30.9 Å². The van der Waals surface area contributed by atoms with Gasteiger partial charge in [-0.2, -0.15) is 8.42 Å². The summed E-state index contributed by atoms with van der Waals surface area (Å²) in [5, 5.41) is 2.68. The van der Waals surface area contributed by atoms with E-state index in [1.165, 1.54) is 37.4 Å². The van der Waals surface area contributed by atoms with E-state index in [-0.39, 0.29) is 29.0 Å². The van der Waals surface area contributed by atoms with Crippen molar-refractivity contribution in [1.82, 2.24) is 4.90 Å². The first-order chi connectivity index (χ1) is 16.6. The minimum Gasteiger partial charge on any atom is -0.493 e. The van der Waals surface area contributed by atoms with Crippen LogP contribution in [0.2, 0.25) is 0 Å². The Balaban J connectivity index is 1.86. The standard InChI is InChI=1S/C25H26F2N2O5S/c1-4-17(2)29(25(30)28-21-7-5-6-20(27)15-21)16-18-8-13-23(33-3)24(14-18)34-35(31,32)22-11-9-19(26)10-12-22/h5-15,17H,4,16H2,1-3H3,(H,28,30). The molecule has 186 valence electrons. The van der Waals surface area contributed by atoms with E-state index in [9.17, 15) is 22.0 Å². The van der Waals surface area contributed by atoms with Gasteiger partial charge in [0.2, 0.25) is 0 Å². The molecule has 2 amide bonds. The van der Waals surface area contributed by atoms with E-state index in [1.807, 2.05) is 13.8 Å². The fraction of sp³-hybridized carbons (Fsp3) is 0.240. The second-order valence-corrected chi connectivity index (χ2v) is 9.35. The number of carbonyl (C=O) groups excluding carboxylic acids is 1. The maximum absolute atomic E-state index is 13.5. The molecule has 35 heavy (non-hydrogen) atoms. The lowest BCUT2D eigenvalue weighted by molar-refractivity contribution is 0.187. The van der Waals surface area contributed by atoms with Crippen LogP contribution in [0.5, 0.6) is 11.5 Å². The third kappa shape index (κ3) is 6.69. The number of benzene rings is 3. The van der Waals surface area contributed by atoms with Crippen LogP contribution in [0.1, 0.15) is 25.8 Å². The molecule has 3 aromatic rings. The molecule has 0 heterocycles. The fourth-order valence-corrected chi connectivity index (χ4v) is 4.19. The van der Waals surface area contributed by atoms with Crippen molar-refractivity contribution in [3.8, 4) is 11.5 Å². The summed E-state index contributed by atoms with van der Waals surface area (Å²) in [6.45, 7) is 3.91. The summed E-state index contributed by atoms with van der Waals surface area (Å²) < 4.78 is 62.7. The molecule has 1 N–H and O–H groups in total. The maximum Gasteiger partial charge on any atom is 0.339 e. The number of ether oxygens (including phenoxy) is 1. The fourth-order valence-electron chi connectivity index (χ4n) is 3.26. The monoisotopic (exact) mass is 504 g/mol. The van der Waals surface area contributed by atoms with Gasteiger partial charge in [-0.3, -0.25) is 0 Å². The van der Waals surface area contributed by atoms with Crippen LogP contribution in [0, 0.1) is 11.6 Å². The Hall–Kier alpha value is -3.66. The lowest BCUT2D eigenvalue weighted by Gasteiger charge is -2.29. The third-order valence-corrected chi connectivity index (χ3v) is 6.59. The summed E-state index contributed by atoms with van der Waals surface area (Å²) in [5.74, 6) is -0.968. The first kappa shape index (κ1) is 26.0. The van der Waals surface area contributed by atoms with Crippen LogP contribution < -0.4 is 14.2 Å². The summed E-state index contributed by atoms with van der Waals surface area (Å²) in [5.41, 5.74) is 0.886. The molecule has 3 rings (SSSR count). The van der Waals surface area contributed by atoms with Gasteiger partial charge in [-0.1, -0.05) is 19.1 Å². The number of nitrogens with one attached hydrogen (secondary N) is 1.